The number of amides is 2. The highest BCUT2D eigenvalue weighted by Crippen LogP contribution is 2.20. The van der Waals surface area contributed by atoms with E-state index in [1.807, 2.05) is 66.0 Å². The lowest BCUT2D eigenvalue weighted by Crippen LogP contribution is -2.47. The van der Waals surface area contributed by atoms with Gasteiger partial charge in [0.2, 0.25) is 11.8 Å². The van der Waals surface area contributed by atoms with Gasteiger partial charge in [0.1, 0.15) is 6.04 Å². The first kappa shape index (κ1) is 42.5. The van der Waals surface area contributed by atoms with Crippen molar-refractivity contribution in [2.75, 3.05) is 38.8 Å². The zero-order valence-corrected chi connectivity index (χ0v) is 31.8. The number of carbonyl (C=O) groups is 3. The van der Waals surface area contributed by atoms with Crippen LogP contribution in [-0.4, -0.2) is 77.0 Å². The highest BCUT2D eigenvalue weighted by molar-refractivity contribution is 7.98. The number of hydrogen-bond donors (Lipinski definition) is 2. The molecule has 11 heteroatoms. The van der Waals surface area contributed by atoms with Crippen molar-refractivity contribution in [1.29, 1.82) is 5.26 Å². The van der Waals surface area contributed by atoms with Gasteiger partial charge in [-0.05, 0) is 52.5 Å². The number of nitrogens with zero attached hydrogens (tertiary/aromatic N) is 4. The number of esters is 1. The van der Waals surface area contributed by atoms with E-state index in [9.17, 15) is 14.4 Å². The minimum absolute atomic E-state index is 0.0449. The molecule has 0 radical (unpaired) electrons. The zero-order valence-electron chi connectivity index (χ0n) is 31.0. The number of nitrogens with one attached hydrogen (secondary N) is 2. The Bertz CT molecular complexity index is 1660. The van der Waals surface area contributed by atoms with Gasteiger partial charge in [0.05, 0.1) is 38.0 Å². The maximum Gasteiger partial charge on any atom is 0.328 e. The molecule has 2 amide bonds. The molecule has 0 aliphatic heterocycles. The third-order valence-electron chi connectivity index (χ3n) is 7.90. The number of aromatic nitrogens is 2. The number of nitriles is 1. The molecule has 274 valence electrons. The van der Waals surface area contributed by atoms with Gasteiger partial charge in [-0.1, -0.05) is 95.1 Å². The summed E-state index contributed by atoms with van der Waals surface area (Å²) in [4.78, 5) is 44.6. The Hall–Kier alpha value is -4.66. The van der Waals surface area contributed by atoms with Gasteiger partial charge in [0, 0.05) is 38.1 Å². The quantitative estimate of drug-likeness (QED) is 0.121. The second-order valence-electron chi connectivity index (χ2n) is 11.6. The van der Waals surface area contributed by atoms with Gasteiger partial charge in [0.15, 0.2) is 0 Å². The SMILES string of the molecule is CC.CCCC.COC(=O)[C@H](CCSC)NC(=O)CN(CCNC(=O)Cc1cncn1Cc1ccc(C#N)cc1)Cc1cccc2ccccc12. The Kier molecular flexibility index (Phi) is 20.4. The molecule has 1 aromatic heterocycles. The molecule has 0 aliphatic rings. The molecule has 0 saturated heterocycles. The van der Waals surface area contributed by atoms with Crippen LogP contribution in [0.4, 0.5) is 0 Å². The van der Waals surface area contributed by atoms with E-state index in [-0.39, 0.29) is 24.8 Å². The van der Waals surface area contributed by atoms with E-state index in [1.165, 1.54) is 20.0 Å². The van der Waals surface area contributed by atoms with Crippen LogP contribution >= 0.6 is 11.8 Å². The number of thioether (sulfide) groups is 1. The van der Waals surface area contributed by atoms with E-state index in [1.54, 1.807) is 36.4 Å². The van der Waals surface area contributed by atoms with E-state index in [2.05, 4.69) is 53.7 Å². The third-order valence-corrected chi connectivity index (χ3v) is 8.54. The number of fused-ring (bicyclic) bond motifs is 1. The van der Waals surface area contributed by atoms with Crippen LogP contribution in [0.5, 0.6) is 0 Å². The molecule has 0 bridgehead atoms. The number of methoxy groups -OCH3 is 1. The van der Waals surface area contributed by atoms with Gasteiger partial charge in [-0.25, -0.2) is 9.78 Å². The average molecular weight is 715 g/mol. The van der Waals surface area contributed by atoms with Gasteiger partial charge in [-0.3, -0.25) is 14.5 Å². The van der Waals surface area contributed by atoms with Crippen LogP contribution < -0.4 is 10.6 Å². The number of imidazole rings is 1. The lowest BCUT2D eigenvalue weighted by Gasteiger charge is -2.24. The fraction of sp³-hybridized carbons (Fsp3) is 0.425. The second kappa shape index (κ2) is 24.5. The van der Waals surface area contributed by atoms with E-state index in [0.717, 1.165) is 27.6 Å². The molecule has 3 aromatic carbocycles. The molecule has 2 N–H and O–H groups in total. The van der Waals surface area contributed by atoms with Gasteiger partial charge < -0.3 is 19.9 Å². The van der Waals surface area contributed by atoms with Crippen LogP contribution in [-0.2, 0) is 38.6 Å². The van der Waals surface area contributed by atoms with Crippen molar-refractivity contribution in [3.63, 3.8) is 0 Å². The van der Waals surface area contributed by atoms with Gasteiger partial charge in [-0.15, -0.1) is 0 Å². The normalized spacial score (nSPS) is 10.9. The Morgan fingerprint density at radius 1 is 1.00 bits per heavy atom. The lowest BCUT2D eigenvalue weighted by atomic mass is 10.0. The molecule has 1 heterocycles. The monoisotopic (exact) mass is 714 g/mol. The summed E-state index contributed by atoms with van der Waals surface area (Å²) in [6.07, 6.45) is 8.57. The van der Waals surface area contributed by atoms with Crippen LogP contribution in [0.15, 0.2) is 79.3 Å². The molecule has 0 spiro atoms. The first-order valence-electron chi connectivity index (χ1n) is 17.6. The van der Waals surface area contributed by atoms with Gasteiger partial charge in [0.25, 0.3) is 0 Å². The van der Waals surface area contributed by atoms with Crippen molar-refractivity contribution in [2.24, 2.45) is 0 Å². The predicted molar refractivity (Wildman–Crippen MR) is 207 cm³/mol. The molecule has 4 rings (SSSR count). The fourth-order valence-corrected chi connectivity index (χ4v) is 5.53. The van der Waals surface area contributed by atoms with E-state index >= 15 is 0 Å². The molecule has 0 saturated carbocycles. The first-order chi connectivity index (χ1) is 24.8. The van der Waals surface area contributed by atoms with E-state index in [4.69, 9.17) is 10.00 Å². The first-order valence-corrected chi connectivity index (χ1v) is 19.0. The molecule has 0 fully saturated rings. The Balaban J connectivity index is 0.00000140. The number of unbranched alkanes of at least 4 members (excludes halogenated alkanes) is 1. The van der Waals surface area contributed by atoms with Crippen molar-refractivity contribution in [3.05, 3.63) is 102 Å². The molecule has 4 aromatic rings. The molecule has 1 atom stereocenters. The summed E-state index contributed by atoms with van der Waals surface area (Å²) >= 11 is 1.59. The number of ether oxygens (including phenoxy) is 1. The topological polar surface area (TPSA) is 129 Å². The molecule has 0 unspecified atom stereocenters. The summed E-state index contributed by atoms with van der Waals surface area (Å²) in [6.45, 7) is 10.2. The van der Waals surface area contributed by atoms with Gasteiger partial charge >= 0.3 is 5.97 Å². The van der Waals surface area contributed by atoms with Crippen molar-refractivity contribution >= 4 is 40.3 Å². The summed E-state index contributed by atoms with van der Waals surface area (Å²) in [5.74, 6) is -0.208. The fourth-order valence-electron chi connectivity index (χ4n) is 5.05. The smallest absolute Gasteiger partial charge is 0.328 e. The standard InChI is InChI=1S/C34H38N6O4S.C4H10.C2H6/c1-44-34(43)31(14-17-45-2)38-33(42)23-39(22-28-8-5-7-27-6-3-4-9-30(27)28)16-15-37-32(41)18-29-20-36-24-40(29)21-26-12-10-25(19-35)11-13-26;1-3-4-2;1-2/h3-13,20,24,31H,14-18,21-23H2,1-2H3,(H,37,41)(H,38,42);3-4H2,1-2H3;1-2H3/t31-;;/m0../s1. The van der Waals surface area contributed by atoms with E-state index in [0.29, 0.717) is 43.9 Å². The molecule has 51 heavy (non-hydrogen) atoms. The van der Waals surface area contributed by atoms with Gasteiger partial charge in [-0.2, -0.15) is 17.0 Å². The lowest BCUT2D eigenvalue weighted by molar-refractivity contribution is -0.145. The highest BCUT2D eigenvalue weighted by Gasteiger charge is 2.22. The van der Waals surface area contributed by atoms with Crippen LogP contribution in [0.25, 0.3) is 10.8 Å². The largest absolute Gasteiger partial charge is 0.467 e. The van der Waals surface area contributed by atoms with E-state index < -0.39 is 12.0 Å². The number of carbonyl (C=O) groups excluding carboxylic acids is 3. The molecular weight excluding hydrogens is 661 g/mol. The summed E-state index contributed by atoms with van der Waals surface area (Å²) in [7, 11) is 1.32. The second-order valence-corrected chi connectivity index (χ2v) is 12.6. The van der Waals surface area contributed by atoms with Crippen molar-refractivity contribution < 1.29 is 19.1 Å². The highest BCUT2D eigenvalue weighted by atomic mass is 32.2. The van der Waals surface area contributed by atoms with Crippen LogP contribution in [0, 0.1) is 11.3 Å². The third kappa shape index (κ3) is 15.0. The maximum absolute atomic E-state index is 13.2. The maximum atomic E-state index is 13.2. The summed E-state index contributed by atoms with van der Waals surface area (Å²) in [5, 5.41) is 17.1. The molecule has 10 nitrogen and oxygen atoms in total. The Labute approximate surface area is 308 Å². The Morgan fingerprint density at radius 2 is 1.71 bits per heavy atom. The zero-order chi connectivity index (χ0) is 37.4. The number of hydrogen-bond acceptors (Lipinski definition) is 8. The number of benzene rings is 3. The summed E-state index contributed by atoms with van der Waals surface area (Å²) in [6, 6.07) is 22.9. The van der Waals surface area contributed by atoms with Crippen LogP contribution in [0.2, 0.25) is 0 Å². The van der Waals surface area contributed by atoms with Crippen molar-refractivity contribution in [1.82, 2.24) is 25.1 Å². The minimum Gasteiger partial charge on any atom is -0.467 e. The minimum atomic E-state index is -0.719. The number of rotatable bonds is 17. The predicted octanol–water partition coefficient (Wildman–Crippen LogP) is 6.36. The summed E-state index contributed by atoms with van der Waals surface area (Å²) < 4.78 is 6.81. The van der Waals surface area contributed by atoms with Crippen LogP contribution in [0.3, 0.4) is 0 Å². The molecular formula is C40H54N6O4S. The van der Waals surface area contributed by atoms with Crippen LogP contribution in [0.1, 0.15) is 69.3 Å². The van der Waals surface area contributed by atoms with Crippen molar-refractivity contribution in [2.45, 2.75) is 72.5 Å². The van der Waals surface area contributed by atoms with Crippen molar-refractivity contribution in [3.8, 4) is 6.07 Å². The average Bonchev–Trinajstić information content (AvgIpc) is 3.59. The Morgan fingerprint density at radius 3 is 2.37 bits per heavy atom. The summed E-state index contributed by atoms with van der Waals surface area (Å²) in [5.41, 5.74) is 3.42. The molecule has 0 aliphatic carbocycles.